The molecule has 1 aromatic carbocycles. The quantitative estimate of drug-likeness (QED) is 0.867. The molecular weight excluding hydrogens is 299 g/mol. The van der Waals surface area contributed by atoms with Crippen LogP contribution in [0.4, 0.5) is 13.2 Å². The lowest BCUT2D eigenvalue weighted by atomic mass is 9.98. The molecule has 1 heterocycles. The fourth-order valence-corrected chi connectivity index (χ4v) is 3.05. The first-order chi connectivity index (χ1) is 9.90. The van der Waals surface area contributed by atoms with E-state index in [1.807, 2.05) is 24.6 Å². The van der Waals surface area contributed by atoms with Crippen LogP contribution in [0.25, 0.3) is 0 Å². The molecule has 0 aliphatic rings. The predicted molar refractivity (Wildman–Crippen MR) is 77.7 cm³/mol. The van der Waals surface area contributed by atoms with E-state index < -0.39 is 6.36 Å². The van der Waals surface area contributed by atoms with E-state index in [-0.39, 0.29) is 11.8 Å². The molecule has 1 aromatic heterocycles. The largest absolute Gasteiger partial charge is 0.573 e. The molecule has 21 heavy (non-hydrogen) atoms. The van der Waals surface area contributed by atoms with Gasteiger partial charge in [0.05, 0.1) is 6.04 Å². The number of nitrogens with one attached hydrogen (secondary N) is 1. The molecule has 0 saturated carbocycles. The lowest BCUT2D eigenvalue weighted by Gasteiger charge is -2.20. The van der Waals surface area contributed by atoms with Gasteiger partial charge >= 0.3 is 6.36 Å². The van der Waals surface area contributed by atoms with Gasteiger partial charge in [-0.3, -0.25) is 0 Å². The van der Waals surface area contributed by atoms with Crippen LogP contribution in [-0.2, 0) is 0 Å². The van der Waals surface area contributed by atoms with Crippen molar-refractivity contribution in [2.75, 3.05) is 6.54 Å². The van der Waals surface area contributed by atoms with Crippen molar-refractivity contribution in [3.63, 3.8) is 0 Å². The third-order valence-corrected chi connectivity index (χ3v) is 3.92. The summed E-state index contributed by atoms with van der Waals surface area (Å²) in [7, 11) is 0. The van der Waals surface area contributed by atoms with Crippen molar-refractivity contribution in [2.45, 2.75) is 26.3 Å². The van der Waals surface area contributed by atoms with Crippen molar-refractivity contribution < 1.29 is 17.9 Å². The highest BCUT2D eigenvalue weighted by molar-refractivity contribution is 7.08. The zero-order chi connectivity index (χ0) is 15.5. The standard InChI is InChI=1S/C15H16F3NOS/c1-3-19-14(13-9-21-8-10(13)2)11-5-4-6-12(7-11)20-15(16,17)18/h4-9,14,19H,3H2,1-2H3. The third-order valence-electron chi connectivity index (χ3n) is 3.04. The van der Waals surface area contributed by atoms with Gasteiger partial charge in [0, 0.05) is 0 Å². The van der Waals surface area contributed by atoms with Crippen LogP contribution in [0.1, 0.15) is 29.7 Å². The Balaban J connectivity index is 2.33. The minimum absolute atomic E-state index is 0.141. The Hall–Kier alpha value is -1.53. The van der Waals surface area contributed by atoms with Crippen LogP contribution in [0, 0.1) is 6.92 Å². The van der Waals surface area contributed by atoms with Gasteiger partial charge in [-0.15, -0.1) is 13.2 Å². The molecule has 0 amide bonds. The van der Waals surface area contributed by atoms with Crippen molar-refractivity contribution in [2.24, 2.45) is 0 Å². The highest BCUT2D eigenvalue weighted by atomic mass is 32.1. The second-order valence-corrected chi connectivity index (χ2v) is 5.36. The van der Waals surface area contributed by atoms with E-state index >= 15 is 0 Å². The molecule has 6 heteroatoms. The van der Waals surface area contributed by atoms with E-state index in [0.717, 1.165) is 16.7 Å². The van der Waals surface area contributed by atoms with E-state index in [0.29, 0.717) is 6.54 Å². The van der Waals surface area contributed by atoms with E-state index in [4.69, 9.17) is 0 Å². The molecule has 0 bridgehead atoms. The molecule has 2 aromatic rings. The Bertz CT molecular complexity index is 595. The van der Waals surface area contributed by atoms with Gasteiger partial charge < -0.3 is 10.1 Å². The van der Waals surface area contributed by atoms with Crippen LogP contribution < -0.4 is 10.1 Å². The van der Waals surface area contributed by atoms with Gasteiger partial charge in [0.25, 0.3) is 0 Å². The number of rotatable bonds is 5. The molecule has 2 rings (SSSR count). The van der Waals surface area contributed by atoms with Crippen molar-refractivity contribution >= 4 is 11.3 Å². The zero-order valence-corrected chi connectivity index (χ0v) is 12.5. The van der Waals surface area contributed by atoms with E-state index in [1.165, 1.54) is 12.1 Å². The summed E-state index contributed by atoms with van der Waals surface area (Å²) in [4.78, 5) is 0. The summed E-state index contributed by atoms with van der Waals surface area (Å²) < 4.78 is 41.0. The summed E-state index contributed by atoms with van der Waals surface area (Å²) in [5.74, 6) is -0.198. The number of halogens is 3. The van der Waals surface area contributed by atoms with Crippen LogP contribution in [0.5, 0.6) is 5.75 Å². The van der Waals surface area contributed by atoms with Crippen molar-refractivity contribution in [1.82, 2.24) is 5.32 Å². The molecule has 0 fully saturated rings. The van der Waals surface area contributed by atoms with E-state index in [9.17, 15) is 13.2 Å². The molecule has 0 saturated heterocycles. The molecule has 0 radical (unpaired) electrons. The van der Waals surface area contributed by atoms with Crippen molar-refractivity contribution in [1.29, 1.82) is 0 Å². The van der Waals surface area contributed by atoms with E-state index in [2.05, 4.69) is 10.1 Å². The molecule has 1 N–H and O–H groups in total. The minimum Gasteiger partial charge on any atom is -0.406 e. The first-order valence-corrected chi connectivity index (χ1v) is 7.46. The molecule has 114 valence electrons. The zero-order valence-electron chi connectivity index (χ0n) is 11.7. The Morgan fingerprint density at radius 1 is 1.29 bits per heavy atom. The normalized spacial score (nSPS) is 13.2. The lowest BCUT2D eigenvalue weighted by molar-refractivity contribution is -0.274. The van der Waals surface area contributed by atoms with E-state index in [1.54, 1.807) is 23.5 Å². The van der Waals surface area contributed by atoms with Gasteiger partial charge in [-0.05, 0) is 53.1 Å². The highest BCUT2D eigenvalue weighted by Gasteiger charge is 2.31. The average Bonchev–Trinajstić information content (AvgIpc) is 2.80. The minimum atomic E-state index is -4.68. The molecule has 0 spiro atoms. The van der Waals surface area contributed by atoms with Gasteiger partial charge in [-0.2, -0.15) is 11.3 Å². The maximum absolute atomic E-state index is 12.3. The number of ether oxygens (including phenoxy) is 1. The van der Waals surface area contributed by atoms with Crippen LogP contribution in [0.3, 0.4) is 0 Å². The van der Waals surface area contributed by atoms with Gasteiger partial charge in [0.15, 0.2) is 0 Å². The summed E-state index contributed by atoms with van der Waals surface area (Å²) in [6, 6.07) is 5.96. The summed E-state index contributed by atoms with van der Waals surface area (Å²) in [5.41, 5.74) is 2.94. The van der Waals surface area contributed by atoms with Crippen LogP contribution >= 0.6 is 11.3 Å². The fraction of sp³-hybridized carbons (Fsp3) is 0.333. The fourth-order valence-electron chi connectivity index (χ4n) is 2.17. The highest BCUT2D eigenvalue weighted by Crippen LogP contribution is 2.31. The number of alkyl halides is 3. The first kappa shape index (κ1) is 15.9. The van der Waals surface area contributed by atoms with Crippen LogP contribution in [-0.4, -0.2) is 12.9 Å². The van der Waals surface area contributed by atoms with Gasteiger partial charge in [-0.25, -0.2) is 0 Å². The number of aryl methyl sites for hydroxylation is 1. The Kier molecular flexibility index (Phi) is 4.90. The lowest BCUT2D eigenvalue weighted by Crippen LogP contribution is -2.22. The number of hydrogen-bond donors (Lipinski definition) is 1. The summed E-state index contributed by atoms with van der Waals surface area (Å²) in [6.07, 6.45) is -4.68. The maximum Gasteiger partial charge on any atom is 0.573 e. The van der Waals surface area contributed by atoms with Gasteiger partial charge in [0.2, 0.25) is 0 Å². The molecule has 2 nitrogen and oxygen atoms in total. The summed E-state index contributed by atoms with van der Waals surface area (Å²) in [6.45, 7) is 4.67. The topological polar surface area (TPSA) is 21.3 Å². The molecule has 0 aliphatic carbocycles. The average molecular weight is 315 g/mol. The maximum atomic E-state index is 12.3. The molecular formula is C15H16F3NOS. The monoisotopic (exact) mass is 315 g/mol. The number of hydrogen-bond acceptors (Lipinski definition) is 3. The number of thiophene rings is 1. The summed E-state index contributed by atoms with van der Waals surface area (Å²) >= 11 is 1.58. The second kappa shape index (κ2) is 6.49. The van der Waals surface area contributed by atoms with Crippen molar-refractivity contribution in [3.8, 4) is 5.75 Å². The van der Waals surface area contributed by atoms with Gasteiger partial charge in [0.1, 0.15) is 5.75 Å². The summed E-state index contributed by atoms with van der Waals surface area (Å²) in [5, 5.41) is 7.34. The molecule has 1 atom stereocenters. The third kappa shape index (κ3) is 4.22. The SMILES string of the molecule is CCNC(c1cccc(OC(F)(F)F)c1)c1cscc1C. The molecule has 1 unspecified atom stereocenters. The van der Waals surface area contributed by atoms with Crippen LogP contribution in [0.2, 0.25) is 0 Å². The Morgan fingerprint density at radius 2 is 2.05 bits per heavy atom. The smallest absolute Gasteiger partial charge is 0.406 e. The second-order valence-electron chi connectivity index (χ2n) is 4.62. The first-order valence-electron chi connectivity index (χ1n) is 6.52. The van der Waals surface area contributed by atoms with Crippen LogP contribution in [0.15, 0.2) is 35.0 Å². The molecule has 0 aliphatic heterocycles. The van der Waals surface area contributed by atoms with Gasteiger partial charge in [-0.1, -0.05) is 19.1 Å². The number of benzene rings is 1. The predicted octanol–water partition coefficient (Wildman–Crippen LogP) is 4.65. The Labute approximate surface area is 125 Å². The Morgan fingerprint density at radius 3 is 2.62 bits per heavy atom. The van der Waals surface area contributed by atoms with Crippen molar-refractivity contribution in [3.05, 3.63) is 51.7 Å².